The fourth-order valence-electron chi connectivity index (χ4n) is 2.43. The molecule has 0 N–H and O–H groups in total. The van der Waals surface area contributed by atoms with Crippen molar-refractivity contribution in [2.45, 2.75) is 32.1 Å². The van der Waals surface area contributed by atoms with Crippen LogP contribution in [0.2, 0.25) is 0 Å². The summed E-state index contributed by atoms with van der Waals surface area (Å²) in [5.74, 6) is 0.0601. The SMILES string of the molecule is CC1=CSC2C(=O)N(CCCn3cnc(C)c3)C(=S)N=C12. The number of imidazole rings is 1. The normalized spacial score (nSPS) is 21.4. The fourth-order valence-corrected chi connectivity index (χ4v) is 3.79. The van der Waals surface area contributed by atoms with Gasteiger partial charge in [-0.2, -0.15) is 0 Å². The number of carbonyl (C=O) groups excluding carboxylic acids is 1. The minimum Gasteiger partial charge on any atom is -0.337 e. The van der Waals surface area contributed by atoms with Gasteiger partial charge in [-0.3, -0.25) is 9.69 Å². The van der Waals surface area contributed by atoms with Gasteiger partial charge in [-0.15, -0.1) is 11.8 Å². The number of thiocarbonyl (C=S) groups is 1. The molecule has 1 unspecified atom stereocenters. The van der Waals surface area contributed by atoms with Crippen LogP contribution in [0.15, 0.2) is 28.5 Å². The monoisotopic (exact) mass is 320 g/mol. The molecule has 0 radical (unpaired) electrons. The number of thioether (sulfide) groups is 1. The molecule has 3 heterocycles. The van der Waals surface area contributed by atoms with Crippen LogP contribution in [-0.4, -0.2) is 43.0 Å². The minimum atomic E-state index is -0.202. The lowest BCUT2D eigenvalue weighted by atomic mass is 10.1. The number of aryl methyl sites for hydroxylation is 2. The molecule has 0 aliphatic carbocycles. The van der Waals surface area contributed by atoms with Crippen molar-refractivity contribution in [2.24, 2.45) is 4.99 Å². The van der Waals surface area contributed by atoms with Crippen molar-refractivity contribution >= 4 is 40.7 Å². The molecule has 0 fully saturated rings. The first-order valence-corrected chi connectivity index (χ1v) is 8.16. The Hall–Kier alpha value is -1.47. The predicted octanol–water partition coefficient (Wildman–Crippen LogP) is 2.17. The number of allylic oxidation sites excluding steroid dienone is 1. The molecule has 1 amide bonds. The second-order valence-corrected chi connectivity index (χ2v) is 6.54. The van der Waals surface area contributed by atoms with Crippen LogP contribution in [0, 0.1) is 6.92 Å². The predicted molar refractivity (Wildman–Crippen MR) is 88.5 cm³/mol. The van der Waals surface area contributed by atoms with E-state index in [-0.39, 0.29) is 11.2 Å². The van der Waals surface area contributed by atoms with E-state index in [9.17, 15) is 4.79 Å². The van der Waals surface area contributed by atoms with Crippen molar-refractivity contribution < 1.29 is 4.79 Å². The standard InChI is InChI=1S/C14H16N4OS2/c1-9-7-21-12-11(9)16-14(20)18(13(12)19)5-3-4-17-6-10(2)15-8-17/h6-8,12H,3-5H2,1-2H3. The van der Waals surface area contributed by atoms with Crippen molar-refractivity contribution in [3.8, 4) is 0 Å². The minimum absolute atomic E-state index is 0.0601. The summed E-state index contributed by atoms with van der Waals surface area (Å²) in [5.41, 5.74) is 2.88. The molecule has 110 valence electrons. The van der Waals surface area contributed by atoms with Gasteiger partial charge in [0.15, 0.2) is 0 Å². The van der Waals surface area contributed by atoms with Crippen LogP contribution < -0.4 is 0 Å². The highest BCUT2D eigenvalue weighted by molar-refractivity contribution is 8.04. The lowest BCUT2D eigenvalue weighted by molar-refractivity contribution is -0.125. The Morgan fingerprint density at radius 1 is 1.38 bits per heavy atom. The van der Waals surface area contributed by atoms with E-state index in [0.29, 0.717) is 11.7 Å². The number of rotatable bonds is 4. The third-order valence-corrected chi connectivity index (χ3v) is 5.03. The highest BCUT2D eigenvalue weighted by Gasteiger charge is 2.38. The van der Waals surface area contributed by atoms with Crippen LogP contribution in [-0.2, 0) is 11.3 Å². The van der Waals surface area contributed by atoms with Crippen molar-refractivity contribution in [2.75, 3.05) is 6.54 Å². The number of hydrogen-bond donors (Lipinski definition) is 0. The van der Waals surface area contributed by atoms with E-state index in [1.54, 1.807) is 4.90 Å². The van der Waals surface area contributed by atoms with Crippen LogP contribution in [0.4, 0.5) is 0 Å². The number of aliphatic imine (C=N–C) groups is 1. The van der Waals surface area contributed by atoms with Crippen molar-refractivity contribution in [1.82, 2.24) is 14.5 Å². The molecular weight excluding hydrogens is 304 g/mol. The number of amides is 1. The van der Waals surface area contributed by atoms with Gasteiger partial charge in [0.05, 0.1) is 17.7 Å². The zero-order chi connectivity index (χ0) is 15.0. The fraction of sp³-hybridized carbons (Fsp3) is 0.429. The largest absolute Gasteiger partial charge is 0.337 e. The number of aromatic nitrogens is 2. The molecule has 3 rings (SSSR count). The van der Waals surface area contributed by atoms with E-state index in [1.165, 1.54) is 11.8 Å². The molecule has 21 heavy (non-hydrogen) atoms. The zero-order valence-electron chi connectivity index (χ0n) is 11.9. The number of nitrogens with zero attached hydrogens (tertiary/aromatic N) is 4. The molecule has 0 aromatic carbocycles. The van der Waals surface area contributed by atoms with E-state index < -0.39 is 0 Å². The Kier molecular flexibility index (Phi) is 3.95. The number of hydrogen-bond acceptors (Lipinski definition) is 4. The zero-order valence-corrected chi connectivity index (χ0v) is 13.6. The first-order valence-electron chi connectivity index (χ1n) is 6.81. The maximum Gasteiger partial charge on any atom is 0.248 e. The number of carbonyl (C=O) groups is 1. The molecule has 1 aromatic rings. The van der Waals surface area contributed by atoms with Crippen molar-refractivity contribution in [1.29, 1.82) is 0 Å². The number of fused-ring (bicyclic) bond motifs is 1. The molecule has 2 aliphatic rings. The van der Waals surface area contributed by atoms with Gasteiger partial charge in [0.1, 0.15) is 5.25 Å². The molecule has 0 spiro atoms. The summed E-state index contributed by atoms with van der Waals surface area (Å²) < 4.78 is 2.03. The summed E-state index contributed by atoms with van der Waals surface area (Å²) in [6.07, 6.45) is 4.63. The van der Waals surface area contributed by atoms with Crippen LogP contribution in [0.5, 0.6) is 0 Å². The summed E-state index contributed by atoms with van der Waals surface area (Å²) in [5, 5.41) is 2.18. The van der Waals surface area contributed by atoms with Crippen molar-refractivity contribution in [3.63, 3.8) is 0 Å². The summed E-state index contributed by atoms with van der Waals surface area (Å²) in [7, 11) is 0. The molecule has 5 nitrogen and oxygen atoms in total. The van der Waals surface area contributed by atoms with Gasteiger partial charge < -0.3 is 4.57 Å². The molecule has 0 saturated carbocycles. The summed E-state index contributed by atoms with van der Waals surface area (Å²) in [6, 6.07) is 0. The van der Waals surface area contributed by atoms with Gasteiger partial charge in [-0.05, 0) is 43.5 Å². The summed E-state index contributed by atoms with van der Waals surface area (Å²) in [4.78, 5) is 22.7. The lowest BCUT2D eigenvalue weighted by Gasteiger charge is -2.28. The summed E-state index contributed by atoms with van der Waals surface area (Å²) >= 11 is 6.80. The molecule has 0 saturated heterocycles. The third-order valence-electron chi connectivity index (χ3n) is 3.53. The van der Waals surface area contributed by atoms with Crippen LogP contribution in [0.3, 0.4) is 0 Å². The van der Waals surface area contributed by atoms with Crippen LogP contribution in [0.25, 0.3) is 0 Å². The Morgan fingerprint density at radius 3 is 2.90 bits per heavy atom. The third kappa shape index (κ3) is 2.80. The Balaban J connectivity index is 1.63. The van der Waals surface area contributed by atoms with Gasteiger partial charge in [0, 0.05) is 19.3 Å². The maximum absolute atomic E-state index is 12.5. The first kappa shape index (κ1) is 14.5. The van der Waals surface area contributed by atoms with E-state index >= 15 is 0 Å². The Labute approximate surface area is 133 Å². The average Bonchev–Trinajstić information content (AvgIpc) is 3.01. The smallest absolute Gasteiger partial charge is 0.248 e. The average molecular weight is 320 g/mol. The highest BCUT2D eigenvalue weighted by atomic mass is 32.2. The van der Waals surface area contributed by atoms with Crippen LogP contribution in [0.1, 0.15) is 19.0 Å². The molecule has 1 aromatic heterocycles. The second kappa shape index (κ2) is 5.73. The lowest BCUT2D eigenvalue weighted by Crippen LogP contribution is -2.47. The van der Waals surface area contributed by atoms with Gasteiger partial charge in [0.25, 0.3) is 0 Å². The maximum atomic E-state index is 12.5. The van der Waals surface area contributed by atoms with Crippen molar-refractivity contribution in [3.05, 3.63) is 29.2 Å². The van der Waals surface area contributed by atoms with E-state index in [4.69, 9.17) is 12.2 Å². The van der Waals surface area contributed by atoms with Gasteiger partial charge in [-0.25, -0.2) is 9.98 Å². The van der Waals surface area contributed by atoms with Gasteiger partial charge in [-0.1, -0.05) is 0 Å². The first-order chi connectivity index (χ1) is 10.1. The van der Waals surface area contributed by atoms with Gasteiger partial charge >= 0.3 is 0 Å². The quantitative estimate of drug-likeness (QED) is 0.798. The summed E-state index contributed by atoms with van der Waals surface area (Å²) in [6.45, 7) is 5.35. The topological polar surface area (TPSA) is 50.5 Å². The second-order valence-electron chi connectivity index (χ2n) is 5.19. The molecule has 1 atom stereocenters. The molecule has 7 heteroatoms. The van der Waals surface area contributed by atoms with E-state index in [2.05, 4.69) is 9.98 Å². The van der Waals surface area contributed by atoms with E-state index in [1.807, 2.05) is 36.3 Å². The van der Waals surface area contributed by atoms with E-state index in [0.717, 1.165) is 29.9 Å². The van der Waals surface area contributed by atoms with Crippen LogP contribution >= 0.6 is 24.0 Å². The molecule has 2 aliphatic heterocycles. The Bertz CT molecular complexity index is 662. The molecule has 0 bridgehead atoms. The van der Waals surface area contributed by atoms with Gasteiger partial charge in [0.2, 0.25) is 11.0 Å². The molecular formula is C14H16N4OS2. The highest BCUT2D eigenvalue weighted by Crippen LogP contribution is 2.32. The Morgan fingerprint density at radius 2 is 2.19 bits per heavy atom.